The third-order valence-electron chi connectivity index (χ3n) is 3.70. The quantitative estimate of drug-likeness (QED) is 0.891. The van der Waals surface area contributed by atoms with Crippen molar-refractivity contribution in [3.8, 4) is 0 Å². The lowest BCUT2D eigenvalue weighted by molar-refractivity contribution is -0.179. The van der Waals surface area contributed by atoms with Gasteiger partial charge < -0.3 is 10.0 Å². The Hall–Kier alpha value is -1.23. The summed E-state index contributed by atoms with van der Waals surface area (Å²) in [6.45, 7) is 2.54. The van der Waals surface area contributed by atoms with Gasteiger partial charge in [-0.25, -0.2) is 0 Å². The Balaban J connectivity index is 1.98. The van der Waals surface area contributed by atoms with E-state index in [4.69, 9.17) is 0 Å². The van der Waals surface area contributed by atoms with E-state index in [2.05, 4.69) is 0 Å². The lowest BCUT2D eigenvalue weighted by Crippen LogP contribution is -2.38. The average molecular weight is 273 g/mol. The molecular weight excluding hydrogens is 255 g/mol. The minimum atomic E-state index is -4.07. The molecule has 1 atom stereocenters. The number of rotatable bonds is 2. The van der Waals surface area contributed by atoms with E-state index in [0.29, 0.717) is 13.1 Å². The summed E-state index contributed by atoms with van der Waals surface area (Å²) >= 11 is 0. The van der Waals surface area contributed by atoms with Crippen molar-refractivity contribution in [2.24, 2.45) is 5.92 Å². The van der Waals surface area contributed by atoms with E-state index < -0.39 is 18.2 Å². The van der Waals surface area contributed by atoms with Crippen molar-refractivity contribution in [2.75, 3.05) is 18.0 Å². The highest BCUT2D eigenvalue weighted by atomic mass is 19.4. The van der Waals surface area contributed by atoms with Gasteiger partial charge in [0.25, 0.3) is 0 Å². The lowest BCUT2D eigenvalue weighted by atomic mass is 9.96. The molecule has 0 spiro atoms. The highest BCUT2D eigenvalue weighted by molar-refractivity contribution is 5.48. The molecule has 106 valence electrons. The SMILES string of the molecule is C[C@@H](O)c1ccc(N2CCC(C(F)(F)F)CC2)cc1. The van der Waals surface area contributed by atoms with Crippen LogP contribution in [0.15, 0.2) is 24.3 Å². The zero-order valence-corrected chi connectivity index (χ0v) is 10.8. The van der Waals surface area contributed by atoms with Gasteiger partial charge in [-0.1, -0.05) is 12.1 Å². The molecule has 0 bridgehead atoms. The summed E-state index contributed by atoms with van der Waals surface area (Å²) in [4.78, 5) is 1.97. The minimum Gasteiger partial charge on any atom is -0.389 e. The van der Waals surface area contributed by atoms with Crippen LogP contribution in [-0.2, 0) is 0 Å². The molecule has 0 unspecified atom stereocenters. The van der Waals surface area contributed by atoms with Crippen LogP contribution >= 0.6 is 0 Å². The standard InChI is InChI=1S/C14H18F3NO/c1-10(19)11-2-4-13(5-3-11)18-8-6-12(7-9-18)14(15,16)17/h2-5,10,12,19H,6-9H2,1H3/t10-/m1/s1. The molecule has 0 amide bonds. The van der Waals surface area contributed by atoms with Crippen LogP contribution in [0.3, 0.4) is 0 Å². The number of hydrogen-bond donors (Lipinski definition) is 1. The Kier molecular flexibility index (Phi) is 4.04. The fraction of sp³-hybridized carbons (Fsp3) is 0.571. The largest absolute Gasteiger partial charge is 0.391 e. The van der Waals surface area contributed by atoms with Crippen LogP contribution in [0.4, 0.5) is 18.9 Å². The number of nitrogens with zero attached hydrogens (tertiary/aromatic N) is 1. The molecule has 5 heteroatoms. The molecule has 0 aliphatic carbocycles. The number of alkyl halides is 3. The molecule has 2 rings (SSSR count). The number of aliphatic hydroxyl groups excluding tert-OH is 1. The second-order valence-electron chi connectivity index (χ2n) is 5.07. The van der Waals surface area contributed by atoms with Gasteiger partial charge in [-0.15, -0.1) is 0 Å². The Morgan fingerprint density at radius 1 is 1.16 bits per heavy atom. The molecule has 0 saturated carbocycles. The van der Waals surface area contributed by atoms with E-state index in [9.17, 15) is 18.3 Å². The molecule has 1 saturated heterocycles. The summed E-state index contributed by atoms with van der Waals surface area (Å²) in [5.41, 5.74) is 1.74. The highest BCUT2D eigenvalue weighted by Crippen LogP contribution is 2.35. The van der Waals surface area contributed by atoms with E-state index in [0.717, 1.165) is 11.3 Å². The molecular formula is C14H18F3NO. The first-order valence-electron chi connectivity index (χ1n) is 6.47. The topological polar surface area (TPSA) is 23.5 Å². The van der Waals surface area contributed by atoms with Crippen molar-refractivity contribution in [3.63, 3.8) is 0 Å². The van der Waals surface area contributed by atoms with Gasteiger partial charge >= 0.3 is 6.18 Å². The van der Waals surface area contributed by atoms with Gasteiger partial charge in [0, 0.05) is 18.8 Å². The van der Waals surface area contributed by atoms with Gasteiger partial charge in [0.05, 0.1) is 12.0 Å². The van der Waals surface area contributed by atoms with Crippen LogP contribution in [0.1, 0.15) is 31.4 Å². The highest BCUT2D eigenvalue weighted by Gasteiger charge is 2.41. The Morgan fingerprint density at radius 2 is 1.68 bits per heavy atom. The van der Waals surface area contributed by atoms with Crippen LogP contribution in [-0.4, -0.2) is 24.4 Å². The molecule has 1 fully saturated rings. The molecule has 1 aliphatic heterocycles. The molecule has 1 heterocycles. The fourth-order valence-corrected chi connectivity index (χ4v) is 2.43. The van der Waals surface area contributed by atoms with E-state index in [1.54, 1.807) is 6.92 Å². The maximum Gasteiger partial charge on any atom is 0.391 e. The van der Waals surface area contributed by atoms with Crippen molar-refractivity contribution in [1.82, 2.24) is 0 Å². The molecule has 19 heavy (non-hydrogen) atoms. The van der Waals surface area contributed by atoms with E-state index >= 15 is 0 Å². The molecule has 1 aromatic rings. The van der Waals surface area contributed by atoms with Gasteiger partial charge in [0.2, 0.25) is 0 Å². The van der Waals surface area contributed by atoms with Crippen LogP contribution in [0.25, 0.3) is 0 Å². The van der Waals surface area contributed by atoms with Crippen LogP contribution < -0.4 is 4.90 Å². The smallest absolute Gasteiger partial charge is 0.389 e. The zero-order valence-electron chi connectivity index (χ0n) is 10.8. The maximum absolute atomic E-state index is 12.6. The predicted octanol–water partition coefficient (Wildman–Crippen LogP) is 3.52. The first-order chi connectivity index (χ1) is 8.88. The van der Waals surface area contributed by atoms with Gasteiger partial charge in [-0.3, -0.25) is 0 Å². The second kappa shape index (κ2) is 5.41. The van der Waals surface area contributed by atoms with Gasteiger partial charge in [0.15, 0.2) is 0 Å². The molecule has 1 N–H and O–H groups in total. The summed E-state index contributed by atoms with van der Waals surface area (Å²) < 4.78 is 37.7. The number of aliphatic hydroxyl groups is 1. The summed E-state index contributed by atoms with van der Waals surface area (Å²) in [6.07, 6.45) is -4.28. The van der Waals surface area contributed by atoms with Crippen molar-refractivity contribution < 1.29 is 18.3 Å². The number of hydrogen-bond acceptors (Lipinski definition) is 2. The molecule has 2 nitrogen and oxygen atoms in total. The first-order valence-corrected chi connectivity index (χ1v) is 6.47. The summed E-state index contributed by atoms with van der Waals surface area (Å²) in [7, 11) is 0. The van der Waals surface area contributed by atoms with Crippen molar-refractivity contribution in [2.45, 2.75) is 32.0 Å². The predicted molar refractivity (Wildman–Crippen MR) is 68.1 cm³/mol. The number of halogens is 3. The summed E-state index contributed by atoms with van der Waals surface area (Å²) in [6, 6.07) is 7.34. The van der Waals surface area contributed by atoms with Crippen molar-refractivity contribution in [1.29, 1.82) is 0 Å². The van der Waals surface area contributed by atoms with Crippen molar-refractivity contribution >= 4 is 5.69 Å². The van der Waals surface area contributed by atoms with E-state index in [1.165, 1.54) is 0 Å². The van der Waals surface area contributed by atoms with Crippen molar-refractivity contribution in [3.05, 3.63) is 29.8 Å². The Labute approximate surface area is 110 Å². The Bertz CT molecular complexity index is 406. The molecule has 1 aromatic carbocycles. The average Bonchev–Trinajstić information content (AvgIpc) is 2.38. The van der Waals surface area contributed by atoms with Gasteiger partial charge in [-0.2, -0.15) is 13.2 Å². The van der Waals surface area contributed by atoms with Crippen LogP contribution in [0.5, 0.6) is 0 Å². The summed E-state index contributed by atoms with van der Waals surface area (Å²) in [5, 5.41) is 9.41. The second-order valence-corrected chi connectivity index (χ2v) is 5.07. The number of piperidine rings is 1. The summed E-state index contributed by atoms with van der Waals surface area (Å²) in [5.74, 6) is -1.17. The van der Waals surface area contributed by atoms with Crippen LogP contribution in [0.2, 0.25) is 0 Å². The number of benzene rings is 1. The molecule has 0 aromatic heterocycles. The zero-order chi connectivity index (χ0) is 14.0. The lowest BCUT2D eigenvalue weighted by Gasteiger charge is -2.34. The first kappa shape index (κ1) is 14.2. The maximum atomic E-state index is 12.6. The molecule has 0 radical (unpaired) electrons. The van der Waals surface area contributed by atoms with E-state index in [1.807, 2.05) is 29.2 Å². The minimum absolute atomic E-state index is 0.154. The normalized spacial score (nSPS) is 19.5. The Morgan fingerprint density at radius 3 is 2.11 bits per heavy atom. The van der Waals surface area contributed by atoms with Gasteiger partial charge in [-0.05, 0) is 37.5 Å². The van der Waals surface area contributed by atoms with Gasteiger partial charge in [0.1, 0.15) is 0 Å². The third-order valence-corrected chi connectivity index (χ3v) is 3.70. The molecule has 1 aliphatic rings. The van der Waals surface area contributed by atoms with E-state index in [-0.39, 0.29) is 12.8 Å². The fourth-order valence-electron chi connectivity index (χ4n) is 2.43. The third kappa shape index (κ3) is 3.41. The number of anilines is 1. The van der Waals surface area contributed by atoms with Crippen LogP contribution in [0, 0.1) is 5.92 Å². The monoisotopic (exact) mass is 273 g/mol.